The van der Waals surface area contributed by atoms with Gasteiger partial charge in [-0.25, -0.2) is 9.55 Å². The maximum Gasteiger partial charge on any atom is 0.396 e. The van der Waals surface area contributed by atoms with Crippen molar-refractivity contribution in [3.8, 4) is 0 Å². The van der Waals surface area contributed by atoms with Gasteiger partial charge < -0.3 is 35.7 Å². The number of aromatic amines is 2. The predicted octanol–water partition coefficient (Wildman–Crippen LogP) is -3.68. The summed E-state index contributed by atoms with van der Waals surface area (Å²) in [5, 5.41) is 31.0. The van der Waals surface area contributed by atoms with E-state index >= 15 is 0 Å². The van der Waals surface area contributed by atoms with Gasteiger partial charge in [0, 0.05) is 12.4 Å². The number of imidazole rings is 2. The lowest BCUT2D eigenvalue weighted by Crippen LogP contribution is -2.46. The Hall–Kier alpha value is -2.65. The van der Waals surface area contributed by atoms with Crippen LogP contribution in [-0.4, -0.2) is 69.3 Å². The van der Waals surface area contributed by atoms with Crippen molar-refractivity contribution in [1.29, 1.82) is 0 Å². The minimum Gasteiger partial charge on any atom is -0.387 e. The van der Waals surface area contributed by atoms with E-state index in [9.17, 15) is 29.6 Å². The number of H-pyrrole nitrogens is 2. The fraction of sp³-hybridized carbons (Fsp3) is 0.429. The highest BCUT2D eigenvalue weighted by Crippen LogP contribution is 2.42. The molecule has 2 unspecified atom stereocenters. The summed E-state index contributed by atoms with van der Waals surface area (Å²) in [5.74, 6) is -0.180. The molecule has 4 heterocycles. The minimum atomic E-state index is -4.57. The molecule has 0 saturated carbocycles. The van der Waals surface area contributed by atoms with Crippen molar-refractivity contribution < 1.29 is 38.6 Å². The molecule has 3 aromatic heterocycles. The summed E-state index contributed by atoms with van der Waals surface area (Å²) in [6.45, 7) is 0. The molecule has 1 aliphatic rings. The molecule has 0 bridgehead atoms. The molecule has 15 nitrogen and oxygen atoms in total. The zero-order chi connectivity index (χ0) is 21.8. The molecule has 30 heavy (non-hydrogen) atoms. The monoisotopic (exact) mass is 444 g/mol. The van der Waals surface area contributed by atoms with Crippen LogP contribution in [0, 0.1) is 0 Å². The summed E-state index contributed by atoms with van der Waals surface area (Å²) in [4.78, 5) is 34.5. The lowest BCUT2D eigenvalue weighted by Gasteiger charge is -2.22. The lowest BCUT2D eigenvalue weighted by molar-refractivity contribution is -0.746. The molecule has 16 heteroatoms. The molecule has 0 aromatic carbocycles. The third-order valence-corrected chi connectivity index (χ3v) is 5.90. The molecule has 0 aliphatic carbocycles. The van der Waals surface area contributed by atoms with Gasteiger partial charge in [0.05, 0.1) is 7.05 Å². The highest BCUT2D eigenvalue weighted by molar-refractivity contribution is 7.60. The molecule has 1 aliphatic heterocycles. The second-order valence-corrected chi connectivity index (χ2v) is 8.33. The van der Waals surface area contributed by atoms with E-state index in [0.29, 0.717) is 0 Å². The van der Waals surface area contributed by atoms with Crippen LogP contribution < -0.4 is 21.4 Å². The fourth-order valence-electron chi connectivity index (χ4n) is 3.27. The van der Waals surface area contributed by atoms with Crippen LogP contribution in [0.2, 0.25) is 0 Å². The molecule has 6 atom stereocenters. The zero-order valence-electron chi connectivity index (χ0n) is 15.4. The van der Waals surface area contributed by atoms with Crippen molar-refractivity contribution in [1.82, 2.24) is 24.5 Å². The van der Waals surface area contributed by atoms with Gasteiger partial charge in [-0.05, 0) is 0 Å². The van der Waals surface area contributed by atoms with Crippen LogP contribution in [0.3, 0.4) is 0 Å². The first-order chi connectivity index (χ1) is 14.1. The number of nitrogens with one attached hydrogen (secondary N) is 2. The molecule has 0 radical (unpaired) electrons. The number of anilines is 1. The third kappa shape index (κ3) is 3.31. The first-order valence-electron chi connectivity index (χ1n) is 8.57. The van der Waals surface area contributed by atoms with Crippen LogP contribution in [0.5, 0.6) is 0 Å². The van der Waals surface area contributed by atoms with Crippen molar-refractivity contribution in [3.63, 3.8) is 0 Å². The number of ether oxygens (including phenoxy) is 1. The number of nitrogens with zero attached hydrogens (tertiary/aromatic N) is 4. The normalized spacial score (nSPS) is 27.4. The van der Waals surface area contributed by atoms with Crippen molar-refractivity contribution in [3.05, 3.63) is 29.1 Å². The van der Waals surface area contributed by atoms with E-state index in [0.717, 1.165) is 0 Å². The van der Waals surface area contributed by atoms with Crippen LogP contribution in [0.1, 0.15) is 6.23 Å². The number of aromatic nitrogens is 6. The SMILES string of the molecule is Cn1c[n+]([C@@H]2O[C@H](C(O)OP(=O)(O)c3ncc[nH]3)[C@@H](O)[C@H]2O)c2nc(N)[nH]c(=O)c21. The Morgan fingerprint density at radius 1 is 1.43 bits per heavy atom. The number of hydrogen-bond acceptors (Lipinski definition) is 10. The maximum absolute atomic E-state index is 12.2. The number of aliphatic hydroxyl groups is 3. The average molecular weight is 444 g/mol. The summed E-state index contributed by atoms with van der Waals surface area (Å²) < 4.78 is 25.2. The number of nitrogens with two attached hydrogens (primary N) is 1. The predicted molar refractivity (Wildman–Crippen MR) is 97.0 cm³/mol. The molecule has 0 spiro atoms. The largest absolute Gasteiger partial charge is 0.396 e. The van der Waals surface area contributed by atoms with Crippen LogP contribution in [0.4, 0.5) is 5.95 Å². The molecule has 3 aromatic rings. The third-order valence-electron chi connectivity index (χ3n) is 4.62. The second kappa shape index (κ2) is 7.24. The summed E-state index contributed by atoms with van der Waals surface area (Å²) >= 11 is 0. The van der Waals surface area contributed by atoms with Gasteiger partial charge in [-0.1, -0.05) is 4.98 Å². The van der Waals surface area contributed by atoms with E-state index in [1.165, 1.54) is 27.9 Å². The van der Waals surface area contributed by atoms with Crippen LogP contribution in [0.25, 0.3) is 11.2 Å². The van der Waals surface area contributed by atoms with Gasteiger partial charge in [0.15, 0.2) is 12.6 Å². The molecular weight excluding hydrogens is 425 g/mol. The molecule has 1 saturated heterocycles. The number of nitrogen functional groups attached to an aromatic ring is 1. The molecule has 0 amide bonds. The summed E-state index contributed by atoms with van der Waals surface area (Å²) in [5.41, 5.74) is 4.80. The molecule has 1 fully saturated rings. The van der Waals surface area contributed by atoms with Gasteiger partial charge >= 0.3 is 13.2 Å². The van der Waals surface area contributed by atoms with Gasteiger partial charge in [-0.2, -0.15) is 0 Å². The van der Waals surface area contributed by atoms with E-state index in [1.807, 2.05) is 0 Å². The highest BCUT2D eigenvalue weighted by Gasteiger charge is 2.51. The Kier molecular flexibility index (Phi) is 4.98. The van der Waals surface area contributed by atoms with E-state index < -0.39 is 49.6 Å². The number of aryl methyl sites for hydroxylation is 1. The van der Waals surface area contributed by atoms with Crippen LogP contribution >= 0.6 is 7.60 Å². The van der Waals surface area contributed by atoms with Gasteiger partial charge in [0.1, 0.15) is 18.3 Å². The zero-order valence-corrected chi connectivity index (χ0v) is 16.2. The number of fused-ring (bicyclic) bond motifs is 1. The average Bonchev–Trinajstić information content (AvgIpc) is 3.36. The lowest BCUT2D eigenvalue weighted by atomic mass is 10.1. The standard InChI is InChI=1S/C14H18N7O8P/c1-20-4-21(9-5(20)10(24)19-13(15)18-9)11-7(23)6(22)8(28-11)12(25)29-30(26,27)14-16-2-3-17-14/h2-4,6-8,11-12,22-23,25H,1H3,(H4-,15,16,17,18,19,24,26,27)/p+1/t6-,7+,8-,11+,12?/m0/s1. The van der Waals surface area contributed by atoms with E-state index in [-0.39, 0.29) is 17.1 Å². The Morgan fingerprint density at radius 3 is 2.83 bits per heavy atom. The minimum absolute atomic E-state index is 0.0504. The number of aliphatic hydroxyl groups excluding tert-OH is 3. The van der Waals surface area contributed by atoms with Gasteiger partial charge in [-0.15, -0.1) is 0 Å². The smallest absolute Gasteiger partial charge is 0.387 e. The summed E-state index contributed by atoms with van der Waals surface area (Å²) in [7, 11) is -3.02. The van der Waals surface area contributed by atoms with E-state index in [1.54, 1.807) is 7.05 Å². The Morgan fingerprint density at radius 2 is 2.17 bits per heavy atom. The van der Waals surface area contributed by atoms with Crippen molar-refractivity contribution >= 4 is 30.3 Å². The van der Waals surface area contributed by atoms with Gasteiger partial charge in [0.2, 0.25) is 17.3 Å². The Bertz CT molecular complexity index is 1180. The number of rotatable bonds is 5. The van der Waals surface area contributed by atoms with Crippen molar-refractivity contribution in [2.45, 2.75) is 30.8 Å². The molecule has 4 rings (SSSR count). The first kappa shape index (κ1) is 20.6. The van der Waals surface area contributed by atoms with Crippen molar-refractivity contribution in [2.24, 2.45) is 7.05 Å². The topological polar surface area (TPSA) is 226 Å². The quantitative estimate of drug-likeness (QED) is 0.115. The van der Waals surface area contributed by atoms with Gasteiger partial charge in [0.25, 0.3) is 11.5 Å². The fourth-order valence-corrected chi connectivity index (χ4v) is 4.24. The molecular formula is C14H19N7O8P+. The Labute approximate surface area is 166 Å². The van der Waals surface area contributed by atoms with Crippen molar-refractivity contribution in [2.75, 3.05) is 5.73 Å². The van der Waals surface area contributed by atoms with Crippen LogP contribution in [-0.2, 0) is 20.9 Å². The maximum atomic E-state index is 12.2. The molecule has 162 valence electrons. The molecule has 8 N–H and O–H groups in total. The van der Waals surface area contributed by atoms with E-state index in [2.05, 4.69) is 19.9 Å². The first-order valence-corrected chi connectivity index (χ1v) is 10.1. The Balaban J connectivity index is 1.63. The van der Waals surface area contributed by atoms with Gasteiger partial charge in [-0.3, -0.25) is 23.4 Å². The van der Waals surface area contributed by atoms with E-state index in [4.69, 9.17) is 15.0 Å². The number of hydrogen-bond donors (Lipinski definition) is 7. The summed E-state index contributed by atoms with van der Waals surface area (Å²) in [6.07, 6.45) is -4.46. The van der Waals surface area contributed by atoms with Crippen LogP contribution in [0.15, 0.2) is 23.5 Å². The second-order valence-electron chi connectivity index (χ2n) is 6.66. The highest BCUT2D eigenvalue weighted by atomic mass is 31.2. The summed E-state index contributed by atoms with van der Waals surface area (Å²) in [6, 6.07) is 0.